The van der Waals surface area contributed by atoms with E-state index in [1.54, 1.807) is 60.7 Å². The molecule has 1 radical (unpaired) electrons. The molecule has 0 unspecified atom stereocenters. The molecule has 3 heterocycles. The molecule has 7 aromatic rings. The van der Waals surface area contributed by atoms with E-state index in [4.69, 9.17) is 25.0 Å². The first kappa shape index (κ1) is 22.6. The van der Waals surface area contributed by atoms with E-state index >= 15 is 0 Å². The van der Waals surface area contributed by atoms with Gasteiger partial charge in [-0.25, -0.2) is 0 Å². The van der Waals surface area contributed by atoms with E-state index in [1.807, 2.05) is 20.8 Å². The maximum absolute atomic E-state index is 8.93. The average molecular weight is 876 g/mol. The Morgan fingerprint density at radius 3 is 2.31 bits per heavy atom. The standard InChI is InChI=1S/C31H28NO.C17H20N.Ir/c1-19-8-6-11-25-26-12-7-13-27(31(26)33-30(19)25)29-17-28(21(3)18-32-29)24-15-14-23(16-20(24)2)22-9-4-5-10-22;1-13-5-8-15(9-6-13)16-10-7-14(12-18-16)11-17(2,3)4;/h6-8,11-12,14-18,22H,4-5,9-10H2,1-3H3;5-8,10,12H,11H2,1-4H3;/q2*-1;/i1D3,2D3,3D3,22D;1D3,11D2;. The maximum Gasteiger partial charge on any atom is 0.123 e. The number of pyridine rings is 2. The first-order valence-electron chi connectivity index (χ1n) is 24.5. The number of benzene rings is 4. The minimum Gasteiger partial charge on any atom is -0.500 e. The summed E-state index contributed by atoms with van der Waals surface area (Å²) in [6, 6.07) is 28.9. The van der Waals surface area contributed by atoms with Crippen LogP contribution in [0.5, 0.6) is 0 Å². The molecule has 1 fully saturated rings. The van der Waals surface area contributed by atoms with Crippen molar-refractivity contribution in [2.45, 2.75) is 86.1 Å². The fourth-order valence-electron chi connectivity index (χ4n) is 6.50. The van der Waals surface area contributed by atoms with Crippen LogP contribution in [0.2, 0.25) is 0 Å². The van der Waals surface area contributed by atoms with Gasteiger partial charge in [0.15, 0.2) is 0 Å². The molecule has 1 saturated carbocycles. The van der Waals surface area contributed by atoms with Crippen LogP contribution in [0.4, 0.5) is 0 Å². The Morgan fingerprint density at radius 1 is 0.788 bits per heavy atom. The zero-order valence-corrected chi connectivity index (χ0v) is 31.6. The third-order valence-corrected chi connectivity index (χ3v) is 8.92. The van der Waals surface area contributed by atoms with Crippen molar-refractivity contribution < 1.29 is 45.1 Å². The molecule has 4 heteroatoms. The van der Waals surface area contributed by atoms with Crippen LogP contribution >= 0.6 is 0 Å². The number of nitrogens with zero attached hydrogens (tertiary/aromatic N) is 2. The Balaban J connectivity index is 0.000000262. The van der Waals surface area contributed by atoms with Crippen LogP contribution in [0.15, 0.2) is 102 Å². The second-order valence-corrected chi connectivity index (χ2v) is 13.9. The Hall–Kier alpha value is -4.37. The number of aryl methyl sites for hydroxylation is 4. The van der Waals surface area contributed by atoms with Gasteiger partial charge in [0.25, 0.3) is 0 Å². The number of hydrogen-bond donors (Lipinski definition) is 0. The second kappa shape index (κ2) is 15.7. The number of rotatable bonds is 5. The monoisotopic (exact) mass is 876 g/mol. The third kappa shape index (κ3) is 8.15. The van der Waals surface area contributed by atoms with Gasteiger partial charge in [0.05, 0.1) is 5.58 Å². The SMILES string of the molecule is [2H]C([2H])([2H])c1c[c-]c(-c2ccc(C([2H])([2H])C(C)(C)C)cn2)cc1.[2H]C([2H])([2H])c1cnc(-c2[c-]ccc3c2oc2c(C([2H])([2H])[2H])cccc23)cc1-c1ccc(C2([2H])CCCC2)cc1C([2H])([2H])[2H].[Ir]. The second-order valence-electron chi connectivity index (χ2n) is 13.9. The van der Waals surface area contributed by atoms with Gasteiger partial charge in [0.2, 0.25) is 0 Å². The molecule has 0 bridgehead atoms. The van der Waals surface area contributed by atoms with E-state index in [0.29, 0.717) is 57.1 Å². The van der Waals surface area contributed by atoms with Crippen molar-refractivity contribution in [3.8, 4) is 33.6 Å². The molecule has 0 saturated heterocycles. The quantitative estimate of drug-likeness (QED) is 0.162. The van der Waals surface area contributed by atoms with Crippen LogP contribution in [-0.4, -0.2) is 9.97 Å². The summed E-state index contributed by atoms with van der Waals surface area (Å²) in [7, 11) is 0. The molecule has 52 heavy (non-hydrogen) atoms. The number of hydrogen-bond acceptors (Lipinski definition) is 3. The number of furan rings is 1. The molecule has 0 aliphatic heterocycles. The molecule has 4 aromatic carbocycles. The minimum atomic E-state index is -2.60. The third-order valence-electron chi connectivity index (χ3n) is 8.92. The Bertz CT molecular complexity index is 2880. The average Bonchev–Trinajstić information content (AvgIpc) is 3.86. The first-order valence-corrected chi connectivity index (χ1v) is 17.0. The van der Waals surface area contributed by atoms with Crippen molar-refractivity contribution in [2.24, 2.45) is 5.41 Å². The largest absolute Gasteiger partial charge is 0.500 e. The van der Waals surface area contributed by atoms with Gasteiger partial charge in [-0.1, -0.05) is 106 Å². The molecule has 0 atom stereocenters. The Labute approximate surface area is 344 Å². The number of aromatic nitrogens is 2. The summed E-state index contributed by atoms with van der Waals surface area (Å²) < 4.78 is 127. The van der Waals surface area contributed by atoms with Gasteiger partial charge in [0.1, 0.15) is 5.58 Å². The number of fused-ring (bicyclic) bond motifs is 3. The van der Waals surface area contributed by atoms with E-state index < -0.39 is 45.1 Å². The van der Waals surface area contributed by atoms with Gasteiger partial charge in [-0.2, -0.15) is 0 Å². The van der Waals surface area contributed by atoms with Crippen molar-refractivity contribution in [1.82, 2.24) is 9.97 Å². The number of para-hydroxylation sites is 1. The molecule has 0 N–H and O–H groups in total. The molecule has 8 rings (SSSR count). The fourth-order valence-corrected chi connectivity index (χ4v) is 6.50. The molecule has 3 nitrogen and oxygen atoms in total. The summed E-state index contributed by atoms with van der Waals surface area (Å²) in [5.74, 6) is -0.881. The summed E-state index contributed by atoms with van der Waals surface area (Å²) in [4.78, 5) is 8.75. The topological polar surface area (TPSA) is 38.9 Å². The van der Waals surface area contributed by atoms with Gasteiger partial charge in [-0.15, -0.1) is 53.6 Å². The van der Waals surface area contributed by atoms with E-state index in [2.05, 4.69) is 22.1 Å². The van der Waals surface area contributed by atoms with Gasteiger partial charge in [-0.05, 0) is 101 Å². The maximum atomic E-state index is 8.93. The van der Waals surface area contributed by atoms with Crippen molar-refractivity contribution in [2.75, 3.05) is 0 Å². The summed E-state index contributed by atoms with van der Waals surface area (Å²) in [6.45, 7) is -4.18. The molecule has 0 spiro atoms. The van der Waals surface area contributed by atoms with Crippen LogP contribution in [0.3, 0.4) is 0 Å². The minimum absolute atomic E-state index is 0. The van der Waals surface area contributed by atoms with E-state index in [9.17, 15) is 0 Å². The van der Waals surface area contributed by atoms with Crippen LogP contribution in [-0.2, 0) is 26.5 Å². The zero-order chi connectivity index (χ0) is 48.4. The van der Waals surface area contributed by atoms with Gasteiger partial charge < -0.3 is 14.4 Å². The molecule has 1 aliphatic rings. The van der Waals surface area contributed by atoms with Crippen LogP contribution in [0.1, 0.15) is 106 Å². The summed E-state index contributed by atoms with van der Waals surface area (Å²) in [6.07, 6.45) is 4.31. The molecule has 3 aromatic heterocycles. The van der Waals surface area contributed by atoms with Gasteiger partial charge in [-0.3, -0.25) is 0 Å². The van der Waals surface area contributed by atoms with E-state index in [1.165, 1.54) is 36.7 Å². The van der Waals surface area contributed by atoms with Crippen LogP contribution < -0.4 is 0 Å². The van der Waals surface area contributed by atoms with Crippen molar-refractivity contribution in [1.29, 1.82) is 0 Å². The van der Waals surface area contributed by atoms with Crippen molar-refractivity contribution >= 4 is 21.9 Å². The normalized spacial score (nSPS) is 19.3. The zero-order valence-electron chi connectivity index (χ0n) is 44.2. The van der Waals surface area contributed by atoms with Crippen LogP contribution in [0.25, 0.3) is 55.6 Å². The smallest absolute Gasteiger partial charge is 0.123 e. The Morgan fingerprint density at radius 2 is 1.60 bits per heavy atom. The summed E-state index contributed by atoms with van der Waals surface area (Å²) in [5.41, 5.74) is 3.69. The predicted molar refractivity (Wildman–Crippen MR) is 213 cm³/mol. The van der Waals surface area contributed by atoms with Crippen molar-refractivity contribution in [3.05, 3.63) is 143 Å². The Kier molecular flexibility index (Phi) is 6.84. The molecule has 267 valence electrons. The molecule has 1 aliphatic carbocycles. The first-order chi connectivity index (χ1) is 30.5. The fraction of sp³-hybridized carbons (Fsp3) is 0.292. The molecule has 0 amide bonds. The molecular weight excluding hydrogens is 813 g/mol. The van der Waals surface area contributed by atoms with Gasteiger partial charge in [0, 0.05) is 58.4 Å². The van der Waals surface area contributed by atoms with Crippen LogP contribution in [0, 0.1) is 45.0 Å². The predicted octanol–water partition coefficient (Wildman–Crippen LogP) is 13.1. The molecular formula is C48H48IrN2O-2. The summed E-state index contributed by atoms with van der Waals surface area (Å²) >= 11 is 0. The van der Waals surface area contributed by atoms with Crippen molar-refractivity contribution in [3.63, 3.8) is 0 Å². The summed E-state index contributed by atoms with van der Waals surface area (Å²) in [5, 5.41) is 1.25. The van der Waals surface area contributed by atoms with Gasteiger partial charge >= 0.3 is 0 Å². The van der Waals surface area contributed by atoms with E-state index in [0.717, 1.165) is 12.8 Å². The van der Waals surface area contributed by atoms with E-state index in [-0.39, 0.29) is 64.8 Å².